The van der Waals surface area contributed by atoms with Gasteiger partial charge in [0, 0.05) is 0 Å². The van der Waals surface area contributed by atoms with Crippen molar-refractivity contribution in [3.8, 4) is 0 Å². The lowest BCUT2D eigenvalue weighted by atomic mass is 10.1. The molecule has 0 atom stereocenters. The molecule has 0 unspecified atom stereocenters. The number of sulfonamides is 1. The van der Waals surface area contributed by atoms with E-state index < -0.39 is 28.8 Å². The summed E-state index contributed by atoms with van der Waals surface area (Å²) in [5, 5.41) is 18.0. The van der Waals surface area contributed by atoms with Crippen LogP contribution < -0.4 is 4.72 Å². The first-order valence-electron chi connectivity index (χ1n) is 4.20. The fourth-order valence-electron chi connectivity index (χ4n) is 0.853. The number of aliphatic hydroxyl groups excluding tert-OH is 2. The molecule has 1 aromatic heterocycles. The molecule has 1 rings (SSSR count). The van der Waals surface area contributed by atoms with Crippen LogP contribution in [0.15, 0.2) is 10.4 Å². The summed E-state index contributed by atoms with van der Waals surface area (Å²) in [5.41, 5.74) is -1.31. The standard InChI is InChI=1S/C7H11ClN2O4S2/c1-7(3-11,4-12)10-16(13,14)5-2-9-6(8)15-5/h2,10-12H,3-4H2,1H3. The molecular weight excluding hydrogens is 276 g/mol. The van der Waals surface area contributed by atoms with Crippen LogP contribution in [0.25, 0.3) is 0 Å². The molecule has 0 aliphatic carbocycles. The van der Waals surface area contributed by atoms with E-state index in [1.807, 2.05) is 0 Å². The maximum absolute atomic E-state index is 11.8. The molecule has 0 radical (unpaired) electrons. The van der Waals surface area contributed by atoms with E-state index in [1.165, 1.54) is 6.92 Å². The van der Waals surface area contributed by atoms with Crippen molar-refractivity contribution in [1.82, 2.24) is 9.71 Å². The van der Waals surface area contributed by atoms with Gasteiger partial charge in [0.25, 0.3) is 10.0 Å². The van der Waals surface area contributed by atoms with Crippen molar-refractivity contribution in [3.63, 3.8) is 0 Å². The smallest absolute Gasteiger partial charge is 0.252 e. The van der Waals surface area contributed by atoms with Gasteiger partial charge in [0.1, 0.15) is 0 Å². The van der Waals surface area contributed by atoms with Crippen LogP contribution in [0.4, 0.5) is 0 Å². The summed E-state index contributed by atoms with van der Waals surface area (Å²) in [4.78, 5) is 3.60. The van der Waals surface area contributed by atoms with Crippen molar-refractivity contribution in [3.05, 3.63) is 10.7 Å². The van der Waals surface area contributed by atoms with Crippen molar-refractivity contribution >= 4 is 33.0 Å². The zero-order valence-electron chi connectivity index (χ0n) is 8.34. The van der Waals surface area contributed by atoms with E-state index in [2.05, 4.69) is 9.71 Å². The third-order valence-corrected chi connectivity index (χ3v) is 5.01. The predicted molar refractivity (Wildman–Crippen MR) is 60.0 cm³/mol. The zero-order chi connectivity index (χ0) is 12.4. The molecule has 16 heavy (non-hydrogen) atoms. The molecule has 6 nitrogen and oxygen atoms in total. The van der Waals surface area contributed by atoms with E-state index in [9.17, 15) is 8.42 Å². The van der Waals surface area contributed by atoms with E-state index in [-0.39, 0.29) is 8.68 Å². The molecule has 0 saturated heterocycles. The van der Waals surface area contributed by atoms with Crippen LogP contribution in [0.3, 0.4) is 0 Å². The topological polar surface area (TPSA) is 99.5 Å². The Balaban J connectivity index is 2.96. The molecule has 9 heteroatoms. The monoisotopic (exact) mass is 286 g/mol. The highest BCUT2D eigenvalue weighted by molar-refractivity contribution is 7.91. The van der Waals surface area contributed by atoms with Crippen LogP contribution in [-0.4, -0.2) is 42.4 Å². The van der Waals surface area contributed by atoms with Crippen molar-refractivity contribution < 1.29 is 18.6 Å². The quantitative estimate of drug-likeness (QED) is 0.697. The van der Waals surface area contributed by atoms with Gasteiger partial charge in [0.05, 0.1) is 24.9 Å². The second kappa shape index (κ2) is 4.94. The summed E-state index contributed by atoms with van der Waals surface area (Å²) in [6.45, 7) is 0.345. The van der Waals surface area contributed by atoms with Crippen LogP contribution >= 0.6 is 22.9 Å². The van der Waals surface area contributed by atoms with Crippen LogP contribution in [0.5, 0.6) is 0 Å². The van der Waals surface area contributed by atoms with Gasteiger partial charge >= 0.3 is 0 Å². The number of aromatic nitrogens is 1. The molecule has 0 amide bonds. The molecule has 92 valence electrons. The number of halogens is 1. The summed E-state index contributed by atoms with van der Waals surface area (Å²) < 4.78 is 25.7. The Labute approximate surface area is 102 Å². The van der Waals surface area contributed by atoms with E-state index >= 15 is 0 Å². The molecule has 0 bridgehead atoms. The average Bonchev–Trinajstić information content (AvgIpc) is 2.65. The summed E-state index contributed by atoms with van der Waals surface area (Å²) in [6.07, 6.45) is 1.12. The highest BCUT2D eigenvalue weighted by atomic mass is 35.5. The fraction of sp³-hybridized carbons (Fsp3) is 0.571. The number of thiazole rings is 1. The van der Waals surface area contributed by atoms with Gasteiger partial charge in [-0.2, -0.15) is 4.72 Å². The first-order chi connectivity index (χ1) is 7.33. The maximum Gasteiger partial charge on any atom is 0.252 e. The zero-order valence-corrected chi connectivity index (χ0v) is 10.7. The minimum atomic E-state index is -3.82. The van der Waals surface area contributed by atoms with Crippen molar-refractivity contribution in [1.29, 1.82) is 0 Å². The summed E-state index contributed by atoms with van der Waals surface area (Å²) in [6, 6.07) is 0. The Bertz CT molecular complexity index is 455. The van der Waals surface area contributed by atoms with Crippen LogP contribution in [0.1, 0.15) is 6.92 Å². The lowest BCUT2D eigenvalue weighted by Gasteiger charge is -2.25. The second-order valence-corrected chi connectivity index (χ2v) is 6.94. The summed E-state index contributed by atoms with van der Waals surface area (Å²) in [5.74, 6) is 0. The lowest BCUT2D eigenvalue weighted by Crippen LogP contribution is -2.51. The molecular formula is C7H11ClN2O4S2. The number of rotatable bonds is 5. The fourth-order valence-corrected chi connectivity index (χ4v) is 3.54. The van der Waals surface area contributed by atoms with E-state index in [0.29, 0.717) is 0 Å². The molecule has 0 aromatic carbocycles. The third-order valence-electron chi connectivity index (χ3n) is 1.80. The van der Waals surface area contributed by atoms with Gasteiger partial charge in [-0.15, -0.1) is 0 Å². The van der Waals surface area contributed by atoms with Gasteiger partial charge < -0.3 is 10.2 Å². The molecule has 0 spiro atoms. The van der Waals surface area contributed by atoms with Crippen LogP contribution in [0.2, 0.25) is 4.47 Å². The minimum Gasteiger partial charge on any atom is -0.394 e. The largest absolute Gasteiger partial charge is 0.394 e. The van der Waals surface area contributed by atoms with Gasteiger partial charge in [0.2, 0.25) is 0 Å². The van der Waals surface area contributed by atoms with Gasteiger partial charge in [-0.1, -0.05) is 22.9 Å². The highest BCUT2D eigenvalue weighted by Gasteiger charge is 2.30. The van der Waals surface area contributed by atoms with E-state index in [1.54, 1.807) is 0 Å². The summed E-state index contributed by atoms with van der Waals surface area (Å²) in [7, 11) is -3.82. The molecule has 0 aliphatic heterocycles. The molecule has 0 aliphatic rings. The molecule has 0 saturated carbocycles. The maximum atomic E-state index is 11.8. The first-order valence-corrected chi connectivity index (χ1v) is 6.88. The van der Waals surface area contributed by atoms with Gasteiger partial charge in [-0.25, -0.2) is 13.4 Å². The Morgan fingerprint density at radius 3 is 2.50 bits per heavy atom. The number of aliphatic hydroxyl groups is 2. The third kappa shape index (κ3) is 3.12. The SMILES string of the molecule is CC(CO)(CO)NS(=O)(=O)c1cnc(Cl)s1. The summed E-state index contributed by atoms with van der Waals surface area (Å²) >= 11 is 6.32. The highest BCUT2D eigenvalue weighted by Crippen LogP contribution is 2.23. The Kier molecular flexibility index (Phi) is 4.27. The molecule has 1 heterocycles. The average molecular weight is 287 g/mol. The van der Waals surface area contributed by atoms with Crippen LogP contribution in [0, 0.1) is 0 Å². The normalized spacial score (nSPS) is 13.0. The second-order valence-electron chi connectivity index (χ2n) is 3.41. The van der Waals surface area contributed by atoms with E-state index in [0.717, 1.165) is 17.5 Å². The molecule has 3 N–H and O–H groups in total. The first kappa shape index (κ1) is 13.8. The van der Waals surface area contributed by atoms with Gasteiger partial charge in [-0.3, -0.25) is 0 Å². The van der Waals surface area contributed by atoms with Crippen LogP contribution in [-0.2, 0) is 10.0 Å². The Hall–Kier alpha value is -0.250. The number of hydrogen-bond donors (Lipinski definition) is 3. The number of nitrogens with one attached hydrogen (secondary N) is 1. The number of nitrogens with zero attached hydrogens (tertiary/aromatic N) is 1. The lowest BCUT2D eigenvalue weighted by molar-refractivity contribution is 0.122. The number of hydrogen-bond acceptors (Lipinski definition) is 6. The van der Waals surface area contributed by atoms with Crippen molar-refractivity contribution in [2.45, 2.75) is 16.7 Å². The Morgan fingerprint density at radius 2 is 2.12 bits per heavy atom. The van der Waals surface area contributed by atoms with Gasteiger partial charge in [-0.05, 0) is 6.92 Å². The molecule has 0 fully saturated rings. The van der Waals surface area contributed by atoms with Crippen molar-refractivity contribution in [2.24, 2.45) is 0 Å². The van der Waals surface area contributed by atoms with E-state index in [4.69, 9.17) is 21.8 Å². The minimum absolute atomic E-state index is 0.0642. The molecule has 1 aromatic rings. The van der Waals surface area contributed by atoms with Crippen molar-refractivity contribution in [2.75, 3.05) is 13.2 Å². The van der Waals surface area contributed by atoms with Gasteiger partial charge in [0.15, 0.2) is 8.68 Å². The Morgan fingerprint density at radius 1 is 1.56 bits per heavy atom. The predicted octanol–water partition coefficient (Wildman–Crippen LogP) is -0.182.